The van der Waals surface area contributed by atoms with Crippen LogP contribution in [0.5, 0.6) is 0 Å². The maximum Gasteiger partial charge on any atom is 0.312 e. The predicted octanol–water partition coefficient (Wildman–Crippen LogP) is 3.38. The topological polar surface area (TPSA) is 84.5 Å². The highest BCUT2D eigenvalue weighted by Gasteiger charge is 2.60. The Hall–Kier alpha value is -1.60. The summed E-state index contributed by atoms with van der Waals surface area (Å²) in [5.41, 5.74) is 4.46. The van der Waals surface area contributed by atoms with Crippen molar-refractivity contribution in [2.75, 3.05) is 6.61 Å². The van der Waals surface area contributed by atoms with Gasteiger partial charge in [-0.15, -0.1) is 0 Å². The molecule has 1 aromatic rings. The highest BCUT2D eigenvalue weighted by molar-refractivity contribution is 9.10. The maximum absolute atomic E-state index is 12.8. The summed E-state index contributed by atoms with van der Waals surface area (Å²) in [5.74, 6) is -0.224. The van der Waals surface area contributed by atoms with Gasteiger partial charge in [0.25, 0.3) is 11.8 Å². The first-order valence-electron chi connectivity index (χ1n) is 9.48. The molecule has 150 valence electrons. The van der Waals surface area contributed by atoms with Crippen LogP contribution in [0.2, 0.25) is 5.02 Å². The van der Waals surface area contributed by atoms with Gasteiger partial charge in [0.2, 0.25) is 0 Å². The number of hydrazine groups is 1. The Morgan fingerprint density at radius 2 is 1.71 bits per heavy atom. The maximum atomic E-state index is 12.8. The monoisotopic (exact) mass is 468 g/mol. The minimum absolute atomic E-state index is 0.0465. The number of hydrogen-bond acceptors (Lipinski definition) is 4. The van der Waals surface area contributed by atoms with Crippen molar-refractivity contribution in [3.63, 3.8) is 0 Å². The van der Waals surface area contributed by atoms with E-state index in [4.69, 9.17) is 16.3 Å². The minimum Gasteiger partial charge on any atom is -0.455 e. The molecule has 6 nitrogen and oxygen atoms in total. The molecule has 5 rings (SSSR count). The Bertz CT molecular complexity index is 799. The summed E-state index contributed by atoms with van der Waals surface area (Å²) in [7, 11) is 0. The first-order chi connectivity index (χ1) is 13.3. The normalized spacial score (nSPS) is 32.6. The Morgan fingerprint density at radius 1 is 1.07 bits per heavy atom. The molecular formula is C20H22BrClN2O4. The van der Waals surface area contributed by atoms with Gasteiger partial charge >= 0.3 is 5.97 Å². The van der Waals surface area contributed by atoms with Crippen LogP contribution in [0.1, 0.15) is 48.9 Å². The van der Waals surface area contributed by atoms with Gasteiger partial charge in [0.1, 0.15) is 0 Å². The summed E-state index contributed by atoms with van der Waals surface area (Å²) < 4.78 is 5.39. The molecule has 2 atom stereocenters. The third-order valence-electron chi connectivity index (χ3n) is 6.18. The number of hydrogen-bond donors (Lipinski definition) is 2. The van der Waals surface area contributed by atoms with Gasteiger partial charge in [0, 0.05) is 14.9 Å². The summed E-state index contributed by atoms with van der Waals surface area (Å²) in [4.78, 5) is 36.8. The van der Waals surface area contributed by atoms with Gasteiger partial charge in [-0.05, 0) is 74.6 Å². The zero-order valence-corrected chi connectivity index (χ0v) is 17.6. The number of ether oxygens (including phenoxy) is 1. The Labute approximate surface area is 176 Å². The number of carbonyl (C=O) groups excluding carboxylic acids is 3. The van der Waals surface area contributed by atoms with Crippen LogP contribution in [-0.2, 0) is 14.3 Å². The van der Waals surface area contributed by atoms with Crippen molar-refractivity contribution in [1.82, 2.24) is 10.9 Å². The van der Waals surface area contributed by atoms with E-state index < -0.39 is 23.8 Å². The van der Waals surface area contributed by atoms with Crippen molar-refractivity contribution >= 4 is 45.3 Å². The quantitative estimate of drug-likeness (QED) is 0.402. The van der Waals surface area contributed by atoms with Gasteiger partial charge in [-0.3, -0.25) is 25.2 Å². The van der Waals surface area contributed by atoms with E-state index >= 15 is 0 Å². The molecule has 0 aromatic heterocycles. The Kier molecular flexibility index (Phi) is 5.16. The average Bonchev–Trinajstić information content (AvgIpc) is 2.62. The number of nitrogens with one attached hydrogen (secondary N) is 2. The standard InChI is InChI=1S/C20H22BrClN2O4/c21-20-8-12-5-13(9-20)7-19(6-12,11-20)18(27)28-10-16(25)23-24-17(26)14-1-3-15(22)4-2-14/h1-4,12-13H,5-11H2,(H,23,25)(H,24,26). The molecular weight excluding hydrogens is 448 g/mol. The van der Waals surface area contributed by atoms with Crippen LogP contribution < -0.4 is 10.9 Å². The first-order valence-corrected chi connectivity index (χ1v) is 10.6. The minimum atomic E-state index is -0.575. The molecule has 2 N–H and O–H groups in total. The van der Waals surface area contributed by atoms with Crippen LogP contribution in [0.4, 0.5) is 0 Å². The number of amides is 2. The molecule has 4 aliphatic rings. The zero-order chi connectivity index (χ0) is 19.9. The fourth-order valence-corrected chi connectivity index (χ4v) is 7.09. The molecule has 4 bridgehead atoms. The lowest BCUT2D eigenvalue weighted by molar-refractivity contribution is -0.171. The van der Waals surface area contributed by atoms with E-state index in [0.717, 1.165) is 32.1 Å². The van der Waals surface area contributed by atoms with Gasteiger partial charge in [-0.25, -0.2) is 0 Å². The molecule has 4 aliphatic carbocycles. The third-order valence-corrected chi connectivity index (χ3v) is 7.36. The highest BCUT2D eigenvalue weighted by atomic mass is 79.9. The number of esters is 1. The fraction of sp³-hybridized carbons (Fsp3) is 0.550. The summed E-state index contributed by atoms with van der Waals surface area (Å²) in [6.07, 6.45) is 5.92. The summed E-state index contributed by atoms with van der Waals surface area (Å²) in [6, 6.07) is 6.27. The summed E-state index contributed by atoms with van der Waals surface area (Å²) in [6.45, 7) is -0.411. The van der Waals surface area contributed by atoms with Crippen molar-refractivity contribution in [2.45, 2.75) is 42.8 Å². The molecule has 28 heavy (non-hydrogen) atoms. The van der Waals surface area contributed by atoms with Crippen molar-refractivity contribution in [2.24, 2.45) is 17.3 Å². The van der Waals surface area contributed by atoms with Gasteiger partial charge < -0.3 is 4.74 Å². The first kappa shape index (κ1) is 19.7. The number of benzene rings is 1. The third kappa shape index (κ3) is 3.92. The van der Waals surface area contributed by atoms with Gasteiger partial charge in [0.05, 0.1) is 5.41 Å². The second-order valence-corrected chi connectivity index (χ2v) is 10.6. The van der Waals surface area contributed by atoms with Crippen LogP contribution >= 0.6 is 27.5 Å². The van der Waals surface area contributed by atoms with E-state index in [0.29, 0.717) is 22.4 Å². The van der Waals surface area contributed by atoms with Crippen molar-refractivity contribution in [1.29, 1.82) is 0 Å². The molecule has 2 unspecified atom stereocenters. The summed E-state index contributed by atoms with van der Waals surface area (Å²) in [5, 5.41) is 0.516. The van der Waals surface area contributed by atoms with Crippen LogP contribution in [0.15, 0.2) is 24.3 Å². The van der Waals surface area contributed by atoms with Crippen LogP contribution in [-0.4, -0.2) is 28.7 Å². The highest BCUT2D eigenvalue weighted by Crippen LogP contribution is 2.64. The van der Waals surface area contributed by atoms with Crippen LogP contribution in [0.25, 0.3) is 0 Å². The molecule has 1 aromatic carbocycles. The SMILES string of the molecule is O=C(COC(=O)C12CC3CC(CC(Br)(C3)C1)C2)NNC(=O)c1ccc(Cl)cc1. The van der Waals surface area contributed by atoms with E-state index in [9.17, 15) is 14.4 Å². The number of rotatable bonds is 4. The number of carbonyl (C=O) groups is 3. The van der Waals surface area contributed by atoms with Crippen molar-refractivity contribution in [3.8, 4) is 0 Å². The average molecular weight is 470 g/mol. The molecule has 0 aliphatic heterocycles. The molecule has 8 heteroatoms. The Morgan fingerprint density at radius 3 is 2.32 bits per heavy atom. The van der Waals surface area contributed by atoms with Gasteiger partial charge in [-0.1, -0.05) is 27.5 Å². The molecule has 4 saturated carbocycles. The summed E-state index contributed by atoms with van der Waals surface area (Å²) >= 11 is 9.65. The van der Waals surface area contributed by atoms with Crippen LogP contribution in [0.3, 0.4) is 0 Å². The lowest BCUT2D eigenvalue weighted by Gasteiger charge is -2.58. The Balaban J connectivity index is 1.27. The molecule has 2 amide bonds. The van der Waals surface area contributed by atoms with Crippen molar-refractivity contribution < 1.29 is 19.1 Å². The zero-order valence-electron chi connectivity index (χ0n) is 15.3. The number of alkyl halides is 1. The van der Waals surface area contributed by atoms with E-state index in [2.05, 4.69) is 26.8 Å². The second-order valence-electron chi connectivity index (χ2n) is 8.48. The lowest BCUT2D eigenvalue weighted by Crippen LogP contribution is -2.56. The molecule has 0 radical (unpaired) electrons. The smallest absolute Gasteiger partial charge is 0.312 e. The molecule has 0 spiro atoms. The molecule has 0 saturated heterocycles. The molecule has 4 fully saturated rings. The second kappa shape index (κ2) is 7.34. The van der Waals surface area contributed by atoms with Crippen molar-refractivity contribution in [3.05, 3.63) is 34.9 Å². The van der Waals surface area contributed by atoms with E-state index in [1.807, 2.05) is 0 Å². The largest absolute Gasteiger partial charge is 0.455 e. The van der Waals surface area contributed by atoms with E-state index in [1.165, 1.54) is 6.42 Å². The van der Waals surface area contributed by atoms with Crippen LogP contribution in [0, 0.1) is 17.3 Å². The van der Waals surface area contributed by atoms with E-state index in [-0.39, 0.29) is 10.3 Å². The predicted molar refractivity (Wildman–Crippen MR) is 107 cm³/mol. The number of halogens is 2. The van der Waals surface area contributed by atoms with E-state index in [1.54, 1.807) is 24.3 Å². The van der Waals surface area contributed by atoms with Gasteiger partial charge in [0.15, 0.2) is 6.61 Å². The lowest BCUT2D eigenvalue weighted by atomic mass is 9.49. The molecule has 0 heterocycles. The fourth-order valence-electron chi connectivity index (χ4n) is 5.51. The van der Waals surface area contributed by atoms with Gasteiger partial charge in [-0.2, -0.15) is 0 Å².